The Bertz CT molecular complexity index is 196. The Morgan fingerprint density at radius 1 is 1.50 bits per heavy atom. The standard InChI is InChI=1S/C10H21N3O/c1-8-2-3-9(6-11)7-13(8)5-4-10(12)14/h8-9H,2-7,11H2,1H3,(H2,12,14). The average Bonchev–Trinajstić information content (AvgIpc) is 2.16. The largest absolute Gasteiger partial charge is 0.370 e. The van der Waals surface area contributed by atoms with Gasteiger partial charge in [-0.1, -0.05) is 0 Å². The van der Waals surface area contributed by atoms with Gasteiger partial charge in [-0.2, -0.15) is 0 Å². The molecule has 0 saturated carbocycles. The molecule has 4 N–H and O–H groups in total. The molecule has 0 spiro atoms. The van der Waals surface area contributed by atoms with Crippen LogP contribution in [0.25, 0.3) is 0 Å². The van der Waals surface area contributed by atoms with Gasteiger partial charge >= 0.3 is 0 Å². The van der Waals surface area contributed by atoms with Gasteiger partial charge in [-0.15, -0.1) is 0 Å². The lowest BCUT2D eigenvalue weighted by molar-refractivity contribution is -0.118. The zero-order valence-electron chi connectivity index (χ0n) is 8.91. The van der Waals surface area contributed by atoms with Crippen molar-refractivity contribution < 1.29 is 4.79 Å². The van der Waals surface area contributed by atoms with Crippen molar-refractivity contribution >= 4 is 5.91 Å². The first-order valence-corrected chi connectivity index (χ1v) is 5.36. The van der Waals surface area contributed by atoms with Crippen molar-refractivity contribution in [2.45, 2.75) is 32.2 Å². The molecule has 1 saturated heterocycles. The normalized spacial score (nSPS) is 29.0. The molecule has 0 radical (unpaired) electrons. The summed E-state index contributed by atoms with van der Waals surface area (Å²) in [6, 6.07) is 0.567. The average molecular weight is 199 g/mol. The van der Waals surface area contributed by atoms with Gasteiger partial charge in [0.25, 0.3) is 0 Å². The number of primary amides is 1. The molecule has 2 unspecified atom stereocenters. The number of nitrogens with two attached hydrogens (primary N) is 2. The van der Waals surface area contributed by atoms with Crippen LogP contribution in [0.4, 0.5) is 0 Å². The van der Waals surface area contributed by atoms with Crippen molar-refractivity contribution in [3.63, 3.8) is 0 Å². The molecule has 14 heavy (non-hydrogen) atoms. The highest BCUT2D eigenvalue weighted by Gasteiger charge is 2.24. The first-order valence-electron chi connectivity index (χ1n) is 5.36. The van der Waals surface area contributed by atoms with E-state index >= 15 is 0 Å². The van der Waals surface area contributed by atoms with Gasteiger partial charge < -0.3 is 11.5 Å². The summed E-state index contributed by atoms with van der Waals surface area (Å²) >= 11 is 0. The van der Waals surface area contributed by atoms with E-state index in [1.807, 2.05) is 0 Å². The fraction of sp³-hybridized carbons (Fsp3) is 0.900. The molecule has 0 aromatic rings. The van der Waals surface area contributed by atoms with Gasteiger partial charge in [0, 0.05) is 25.6 Å². The van der Waals surface area contributed by atoms with Crippen molar-refractivity contribution in [3.05, 3.63) is 0 Å². The Hall–Kier alpha value is -0.610. The number of amides is 1. The van der Waals surface area contributed by atoms with E-state index in [9.17, 15) is 4.79 Å². The molecule has 1 amide bonds. The van der Waals surface area contributed by atoms with Gasteiger partial charge in [0.1, 0.15) is 0 Å². The minimum atomic E-state index is -0.216. The molecule has 0 aromatic carbocycles. The number of hydrogen-bond acceptors (Lipinski definition) is 3. The van der Waals surface area contributed by atoms with Gasteiger partial charge in [0.2, 0.25) is 5.91 Å². The number of hydrogen-bond donors (Lipinski definition) is 2. The van der Waals surface area contributed by atoms with Crippen LogP contribution >= 0.6 is 0 Å². The van der Waals surface area contributed by atoms with Crippen LogP contribution in [0.15, 0.2) is 0 Å². The second kappa shape index (κ2) is 5.32. The molecule has 0 aromatic heterocycles. The lowest BCUT2D eigenvalue weighted by Crippen LogP contribution is -2.44. The van der Waals surface area contributed by atoms with Gasteiger partial charge in [-0.25, -0.2) is 0 Å². The lowest BCUT2D eigenvalue weighted by Gasteiger charge is -2.37. The molecule has 4 heteroatoms. The highest BCUT2D eigenvalue weighted by Crippen LogP contribution is 2.20. The molecule has 0 bridgehead atoms. The monoisotopic (exact) mass is 199 g/mol. The SMILES string of the molecule is CC1CCC(CN)CN1CCC(N)=O. The molecule has 4 nitrogen and oxygen atoms in total. The highest BCUT2D eigenvalue weighted by molar-refractivity contribution is 5.73. The molecule has 1 aliphatic rings. The predicted octanol–water partition coefficient (Wildman–Crippen LogP) is -0.0790. The Labute approximate surface area is 85.6 Å². The minimum absolute atomic E-state index is 0.216. The summed E-state index contributed by atoms with van der Waals surface area (Å²) in [5.74, 6) is 0.381. The number of nitrogens with zero attached hydrogens (tertiary/aromatic N) is 1. The van der Waals surface area contributed by atoms with E-state index in [4.69, 9.17) is 11.5 Å². The van der Waals surface area contributed by atoms with Crippen LogP contribution in [0.1, 0.15) is 26.2 Å². The van der Waals surface area contributed by atoms with E-state index in [-0.39, 0.29) is 5.91 Å². The summed E-state index contributed by atoms with van der Waals surface area (Å²) in [7, 11) is 0. The number of carbonyl (C=O) groups excluding carboxylic acids is 1. The van der Waals surface area contributed by atoms with Crippen LogP contribution in [0.2, 0.25) is 0 Å². The Kier molecular flexibility index (Phi) is 4.35. The summed E-state index contributed by atoms with van der Waals surface area (Å²) < 4.78 is 0. The predicted molar refractivity (Wildman–Crippen MR) is 56.6 cm³/mol. The maximum absolute atomic E-state index is 10.7. The zero-order valence-corrected chi connectivity index (χ0v) is 8.91. The van der Waals surface area contributed by atoms with Crippen LogP contribution in [-0.4, -0.2) is 36.5 Å². The van der Waals surface area contributed by atoms with Crippen LogP contribution < -0.4 is 11.5 Å². The van der Waals surface area contributed by atoms with Crippen molar-refractivity contribution in [3.8, 4) is 0 Å². The quantitative estimate of drug-likeness (QED) is 0.665. The molecule has 1 rings (SSSR count). The topological polar surface area (TPSA) is 72.3 Å². The summed E-state index contributed by atoms with van der Waals surface area (Å²) in [6.45, 7) is 4.76. The van der Waals surface area contributed by atoms with Gasteiger partial charge in [-0.3, -0.25) is 9.69 Å². The summed E-state index contributed by atoms with van der Waals surface area (Å²) in [5.41, 5.74) is 10.8. The highest BCUT2D eigenvalue weighted by atomic mass is 16.1. The second-order valence-electron chi connectivity index (χ2n) is 4.24. The molecule has 0 aliphatic carbocycles. The van der Waals surface area contributed by atoms with Crippen LogP contribution in [0.5, 0.6) is 0 Å². The van der Waals surface area contributed by atoms with Crippen LogP contribution in [0, 0.1) is 5.92 Å². The van der Waals surface area contributed by atoms with Crippen molar-refractivity contribution in [2.75, 3.05) is 19.6 Å². The number of likely N-dealkylation sites (tertiary alicyclic amines) is 1. The summed E-state index contributed by atoms with van der Waals surface area (Å²) in [4.78, 5) is 13.0. The third-order valence-corrected chi connectivity index (χ3v) is 3.09. The fourth-order valence-electron chi connectivity index (χ4n) is 2.02. The van der Waals surface area contributed by atoms with Gasteiger partial charge in [0.15, 0.2) is 0 Å². The number of piperidine rings is 1. The molecule has 82 valence electrons. The van der Waals surface area contributed by atoms with Crippen molar-refractivity contribution in [2.24, 2.45) is 17.4 Å². The second-order valence-corrected chi connectivity index (χ2v) is 4.24. The lowest BCUT2D eigenvalue weighted by atomic mass is 9.93. The molecule has 1 heterocycles. The maximum Gasteiger partial charge on any atom is 0.218 e. The van der Waals surface area contributed by atoms with E-state index in [0.717, 1.165) is 19.6 Å². The Morgan fingerprint density at radius 2 is 2.21 bits per heavy atom. The van der Waals surface area contributed by atoms with Crippen LogP contribution in [0.3, 0.4) is 0 Å². The first kappa shape index (κ1) is 11.5. The Balaban J connectivity index is 2.36. The maximum atomic E-state index is 10.7. The summed E-state index contributed by atoms with van der Waals surface area (Å²) in [5, 5.41) is 0. The number of rotatable bonds is 4. The van der Waals surface area contributed by atoms with Crippen LogP contribution in [-0.2, 0) is 4.79 Å². The minimum Gasteiger partial charge on any atom is -0.370 e. The fourth-order valence-corrected chi connectivity index (χ4v) is 2.02. The third kappa shape index (κ3) is 3.27. The molecule has 1 aliphatic heterocycles. The van der Waals surface area contributed by atoms with Crippen molar-refractivity contribution in [1.29, 1.82) is 0 Å². The Morgan fingerprint density at radius 3 is 2.79 bits per heavy atom. The van der Waals surface area contributed by atoms with E-state index in [1.54, 1.807) is 0 Å². The molecule has 1 fully saturated rings. The number of carbonyl (C=O) groups is 1. The zero-order chi connectivity index (χ0) is 10.6. The van der Waals surface area contributed by atoms with Gasteiger partial charge in [-0.05, 0) is 32.2 Å². The van der Waals surface area contributed by atoms with E-state index < -0.39 is 0 Å². The smallest absolute Gasteiger partial charge is 0.218 e. The van der Waals surface area contributed by atoms with Crippen molar-refractivity contribution in [1.82, 2.24) is 4.90 Å². The molecule has 2 atom stereocenters. The summed E-state index contributed by atoms with van der Waals surface area (Å²) in [6.07, 6.45) is 2.85. The third-order valence-electron chi connectivity index (χ3n) is 3.09. The van der Waals surface area contributed by atoms with E-state index in [2.05, 4.69) is 11.8 Å². The first-order chi connectivity index (χ1) is 6.63. The van der Waals surface area contributed by atoms with Gasteiger partial charge in [0.05, 0.1) is 0 Å². The van der Waals surface area contributed by atoms with E-state index in [1.165, 1.54) is 12.8 Å². The van der Waals surface area contributed by atoms with E-state index in [0.29, 0.717) is 18.4 Å². The molecular formula is C10H21N3O. The molecular weight excluding hydrogens is 178 g/mol.